The Morgan fingerprint density at radius 3 is 2.24 bits per heavy atom. The van der Waals surface area contributed by atoms with Crippen LogP contribution in [0.15, 0.2) is 35.5 Å². The van der Waals surface area contributed by atoms with Crippen LogP contribution in [0, 0.1) is 0 Å². The fourth-order valence-electron chi connectivity index (χ4n) is 4.10. The zero-order chi connectivity index (χ0) is 31.4. The van der Waals surface area contributed by atoms with Gasteiger partial charge in [-0.2, -0.15) is 0 Å². The van der Waals surface area contributed by atoms with Gasteiger partial charge in [0, 0.05) is 36.5 Å². The highest BCUT2D eigenvalue weighted by Crippen LogP contribution is 2.19. The van der Waals surface area contributed by atoms with Gasteiger partial charge >= 0.3 is 11.9 Å². The first-order valence-electron chi connectivity index (χ1n) is 13.2. The molecule has 0 fully saturated rings. The average molecular weight is 591 g/mol. The maximum atomic E-state index is 13.4. The summed E-state index contributed by atoms with van der Waals surface area (Å²) in [6.45, 7) is 1.45. The van der Waals surface area contributed by atoms with E-state index in [2.05, 4.69) is 25.9 Å². The number of amides is 3. The first-order chi connectivity index (χ1) is 19.8. The monoisotopic (exact) mass is 590 g/mol. The zero-order valence-corrected chi connectivity index (χ0v) is 23.1. The average Bonchev–Trinajstić information content (AvgIpc) is 3.33. The molecule has 5 unspecified atom stereocenters. The van der Waals surface area contributed by atoms with Crippen LogP contribution in [0.4, 0.5) is 0 Å². The van der Waals surface area contributed by atoms with Gasteiger partial charge in [0.2, 0.25) is 17.7 Å². The Kier molecular flexibility index (Phi) is 12.7. The number of nitrogens with two attached hydrogens (primary N) is 3. The van der Waals surface area contributed by atoms with E-state index in [0.29, 0.717) is 12.0 Å². The normalized spacial score (nSPS) is 14.5. The number of aliphatic imine (C=N–C) groups is 1. The quantitative estimate of drug-likeness (QED) is 0.0539. The Balaban J connectivity index is 2.24. The number of carboxylic acid groups (broad SMARTS) is 2. The van der Waals surface area contributed by atoms with Crippen molar-refractivity contribution in [2.45, 2.75) is 69.3 Å². The van der Waals surface area contributed by atoms with Crippen LogP contribution in [-0.4, -0.2) is 92.7 Å². The van der Waals surface area contributed by atoms with Crippen molar-refractivity contribution in [3.8, 4) is 0 Å². The summed E-state index contributed by atoms with van der Waals surface area (Å²) >= 11 is 0. The third-order valence-electron chi connectivity index (χ3n) is 6.36. The van der Waals surface area contributed by atoms with Crippen molar-refractivity contribution in [1.82, 2.24) is 20.9 Å². The van der Waals surface area contributed by atoms with Crippen LogP contribution in [-0.2, 0) is 30.4 Å². The minimum absolute atomic E-state index is 0.0210. The van der Waals surface area contributed by atoms with E-state index in [1.54, 1.807) is 12.3 Å². The molecule has 0 radical (unpaired) electrons. The highest BCUT2D eigenvalue weighted by Gasteiger charge is 2.33. The number of rotatable bonds is 17. The number of carbonyl (C=O) groups excluding carboxylic acids is 3. The van der Waals surface area contributed by atoms with Crippen molar-refractivity contribution in [2.24, 2.45) is 22.2 Å². The van der Waals surface area contributed by atoms with Crippen LogP contribution < -0.4 is 33.2 Å². The van der Waals surface area contributed by atoms with E-state index < -0.39 is 72.8 Å². The number of para-hydroxylation sites is 1. The maximum absolute atomic E-state index is 13.4. The molecule has 3 amide bonds. The largest absolute Gasteiger partial charge is 0.481 e. The molecule has 0 saturated heterocycles. The number of carboxylic acids is 2. The van der Waals surface area contributed by atoms with E-state index in [9.17, 15) is 34.2 Å². The molecule has 0 saturated carbocycles. The Hall–Kier alpha value is -4.70. The van der Waals surface area contributed by atoms with Crippen LogP contribution >= 0.6 is 0 Å². The summed E-state index contributed by atoms with van der Waals surface area (Å²) in [4.78, 5) is 68.6. The summed E-state index contributed by atoms with van der Waals surface area (Å²) in [5.41, 5.74) is 18.1. The maximum Gasteiger partial charge on any atom is 0.326 e. The number of nitrogens with zero attached hydrogens (tertiary/aromatic N) is 1. The van der Waals surface area contributed by atoms with Crippen LogP contribution in [0.3, 0.4) is 0 Å². The lowest BCUT2D eigenvalue weighted by Crippen LogP contribution is -2.60. The minimum Gasteiger partial charge on any atom is -0.481 e. The third-order valence-corrected chi connectivity index (χ3v) is 6.36. The number of aromatic amines is 1. The summed E-state index contributed by atoms with van der Waals surface area (Å²) in [6.07, 6.45) is -0.188. The van der Waals surface area contributed by atoms with Gasteiger partial charge < -0.3 is 53.5 Å². The Bertz CT molecular complexity index is 1290. The van der Waals surface area contributed by atoms with E-state index >= 15 is 0 Å². The van der Waals surface area contributed by atoms with Crippen LogP contribution in [0.5, 0.6) is 0 Å². The number of nitrogens with one attached hydrogen (secondary N) is 4. The van der Waals surface area contributed by atoms with E-state index in [1.165, 1.54) is 6.92 Å². The highest BCUT2D eigenvalue weighted by atomic mass is 16.4. The van der Waals surface area contributed by atoms with Crippen LogP contribution in [0.25, 0.3) is 10.9 Å². The number of fused-ring (bicyclic) bond motifs is 1. The standard InChI is InChI=1S/C26H38N8O8/c1-13(35)21(24(40)32-18(25(41)42)8-9-20(36)37)34-23(39)19(11-14-12-31-17-7-3-2-5-15(14)17)33-22(38)16(27)6-4-10-30-26(28)29/h2-3,5,7,12-13,16,18-19,21,31,35H,4,6,8-11,27H2,1H3,(H,32,40)(H,33,38)(H,34,39)(H,36,37)(H,41,42)(H4,28,29,30). The molecule has 230 valence electrons. The molecule has 42 heavy (non-hydrogen) atoms. The molecule has 0 aliphatic heterocycles. The summed E-state index contributed by atoms with van der Waals surface area (Å²) < 4.78 is 0. The Morgan fingerprint density at radius 1 is 0.952 bits per heavy atom. The summed E-state index contributed by atoms with van der Waals surface area (Å²) in [5, 5.41) is 36.4. The number of hydrogen-bond donors (Lipinski definition) is 10. The SMILES string of the molecule is CC(O)C(NC(=O)C(Cc1c[nH]c2ccccc12)NC(=O)C(N)CCCN=C(N)N)C(=O)NC(CCC(=O)O)C(=O)O. The van der Waals surface area contributed by atoms with Crippen molar-refractivity contribution in [2.75, 3.05) is 6.54 Å². The summed E-state index contributed by atoms with van der Waals surface area (Å²) in [6, 6.07) is 1.80. The molecule has 2 aromatic rings. The number of hydrogen-bond acceptors (Lipinski definition) is 8. The van der Waals surface area contributed by atoms with Gasteiger partial charge in [-0.1, -0.05) is 18.2 Å². The fraction of sp³-hybridized carbons (Fsp3) is 0.462. The second-order valence-electron chi connectivity index (χ2n) is 9.74. The molecular weight excluding hydrogens is 552 g/mol. The number of H-pyrrole nitrogens is 1. The smallest absolute Gasteiger partial charge is 0.326 e. The molecule has 1 heterocycles. The molecule has 16 nitrogen and oxygen atoms in total. The van der Waals surface area contributed by atoms with Crippen molar-refractivity contribution < 1.29 is 39.3 Å². The summed E-state index contributed by atoms with van der Waals surface area (Å²) in [5.74, 6) is -5.40. The predicted octanol–water partition coefficient (Wildman–Crippen LogP) is -2.12. The first-order valence-corrected chi connectivity index (χ1v) is 13.2. The first kappa shape index (κ1) is 33.5. The molecule has 0 aliphatic rings. The second kappa shape index (κ2) is 15.9. The van der Waals surface area contributed by atoms with Crippen molar-refractivity contribution >= 4 is 46.5 Å². The van der Waals surface area contributed by atoms with Gasteiger partial charge in [0.1, 0.15) is 18.1 Å². The molecule has 0 aliphatic carbocycles. The number of aromatic nitrogens is 1. The Morgan fingerprint density at radius 2 is 1.62 bits per heavy atom. The van der Waals surface area contributed by atoms with Crippen molar-refractivity contribution in [3.63, 3.8) is 0 Å². The van der Waals surface area contributed by atoms with E-state index in [0.717, 1.165) is 10.9 Å². The molecule has 1 aromatic heterocycles. The number of carbonyl (C=O) groups is 5. The predicted molar refractivity (Wildman–Crippen MR) is 152 cm³/mol. The topological polar surface area (TPSA) is 288 Å². The van der Waals surface area contributed by atoms with Gasteiger partial charge in [0.25, 0.3) is 0 Å². The molecule has 0 bridgehead atoms. The van der Waals surface area contributed by atoms with Gasteiger partial charge in [0.15, 0.2) is 5.96 Å². The number of guanidine groups is 1. The number of aliphatic hydroxyl groups is 1. The summed E-state index contributed by atoms with van der Waals surface area (Å²) in [7, 11) is 0. The lowest BCUT2D eigenvalue weighted by molar-refractivity contribution is -0.144. The van der Waals surface area contributed by atoms with Crippen LogP contribution in [0.1, 0.15) is 38.2 Å². The molecule has 0 spiro atoms. The van der Waals surface area contributed by atoms with Gasteiger partial charge in [-0.3, -0.25) is 24.2 Å². The van der Waals surface area contributed by atoms with E-state index in [4.69, 9.17) is 22.3 Å². The fourth-order valence-corrected chi connectivity index (χ4v) is 4.10. The van der Waals surface area contributed by atoms with E-state index in [-0.39, 0.29) is 25.3 Å². The van der Waals surface area contributed by atoms with Gasteiger partial charge in [-0.15, -0.1) is 0 Å². The minimum atomic E-state index is -1.63. The number of aliphatic carboxylic acids is 2. The van der Waals surface area contributed by atoms with Gasteiger partial charge in [-0.05, 0) is 37.8 Å². The molecule has 13 N–H and O–H groups in total. The Labute approximate surface area is 241 Å². The molecular formula is C26H38N8O8. The second-order valence-corrected chi connectivity index (χ2v) is 9.74. The van der Waals surface area contributed by atoms with Crippen molar-refractivity contribution in [1.29, 1.82) is 0 Å². The third kappa shape index (κ3) is 10.4. The number of benzene rings is 1. The lowest BCUT2D eigenvalue weighted by atomic mass is 10.0. The van der Waals surface area contributed by atoms with Gasteiger partial charge in [-0.25, -0.2) is 4.79 Å². The van der Waals surface area contributed by atoms with Gasteiger partial charge in [0.05, 0.1) is 12.1 Å². The number of aliphatic hydroxyl groups excluding tert-OH is 1. The van der Waals surface area contributed by atoms with Crippen LogP contribution in [0.2, 0.25) is 0 Å². The lowest BCUT2D eigenvalue weighted by Gasteiger charge is -2.26. The zero-order valence-electron chi connectivity index (χ0n) is 23.1. The highest BCUT2D eigenvalue weighted by molar-refractivity contribution is 5.95. The van der Waals surface area contributed by atoms with Crippen molar-refractivity contribution in [3.05, 3.63) is 36.0 Å². The molecule has 5 atom stereocenters. The molecule has 1 aromatic carbocycles. The van der Waals surface area contributed by atoms with E-state index in [1.807, 2.05) is 18.2 Å². The molecule has 2 rings (SSSR count). The molecule has 16 heteroatoms.